The molecule has 3 aromatic rings. The number of nitrogens with one attached hydrogen (secondary N) is 1. The first-order valence-electron chi connectivity index (χ1n) is 7.83. The van der Waals surface area contributed by atoms with Gasteiger partial charge < -0.3 is 9.88 Å². The molecule has 5 nitrogen and oxygen atoms in total. The smallest absolute Gasteiger partial charge is 0.230 e. The van der Waals surface area contributed by atoms with Crippen molar-refractivity contribution in [2.75, 3.05) is 5.75 Å². The van der Waals surface area contributed by atoms with Crippen LogP contribution in [0.1, 0.15) is 5.56 Å². The second-order valence-electron chi connectivity index (χ2n) is 5.53. The van der Waals surface area contributed by atoms with Crippen LogP contribution < -0.4 is 5.32 Å². The molecular formula is C18H16Cl2N4OS. The largest absolute Gasteiger partial charge is 0.351 e. The number of benzene rings is 2. The maximum absolute atomic E-state index is 12.1. The number of rotatable bonds is 6. The van der Waals surface area contributed by atoms with Gasteiger partial charge in [0.2, 0.25) is 5.91 Å². The first kappa shape index (κ1) is 18.8. The van der Waals surface area contributed by atoms with Gasteiger partial charge in [0.05, 0.1) is 5.75 Å². The van der Waals surface area contributed by atoms with E-state index < -0.39 is 0 Å². The second kappa shape index (κ2) is 8.58. The summed E-state index contributed by atoms with van der Waals surface area (Å²) >= 11 is 13.3. The highest BCUT2D eigenvalue weighted by atomic mass is 35.5. The molecule has 2 aromatic carbocycles. The van der Waals surface area contributed by atoms with Gasteiger partial charge in [-0.25, -0.2) is 0 Å². The third-order valence-corrected chi connectivity index (χ3v) is 5.30. The van der Waals surface area contributed by atoms with E-state index in [4.69, 9.17) is 23.2 Å². The highest BCUT2D eigenvalue weighted by Crippen LogP contribution is 2.23. The summed E-state index contributed by atoms with van der Waals surface area (Å²) in [4.78, 5) is 12.1. The highest BCUT2D eigenvalue weighted by molar-refractivity contribution is 7.99. The van der Waals surface area contributed by atoms with Gasteiger partial charge in [-0.05, 0) is 17.7 Å². The molecule has 1 heterocycles. The van der Waals surface area contributed by atoms with Crippen molar-refractivity contribution in [3.63, 3.8) is 0 Å². The molecule has 0 unspecified atom stereocenters. The quantitative estimate of drug-likeness (QED) is 0.623. The van der Waals surface area contributed by atoms with Gasteiger partial charge in [0.1, 0.15) is 0 Å². The summed E-state index contributed by atoms with van der Waals surface area (Å²) in [5, 5.41) is 13.0. The van der Waals surface area contributed by atoms with Crippen LogP contribution in [0.5, 0.6) is 0 Å². The molecule has 1 amide bonds. The summed E-state index contributed by atoms with van der Waals surface area (Å²) < 4.78 is 1.88. The van der Waals surface area contributed by atoms with Crippen LogP contribution in [0.4, 0.5) is 0 Å². The van der Waals surface area contributed by atoms with Crippen LogP contribution in [0.2, 0.25) is 10.0 Å². The number of hydrogen-bond donors (Lipinski definition) is 1. The summed E-state index contributed by atoms with van der Waals surface area (Å²) in [5.74, 6) is 0.901. The summed E-state index contributed by atoms with van der Waals surface area (Å²) in [6.45, 7) is 0.351. The third-order valence-electron chi connectivity index (χ3n) is 3.69. The molecule has 0 radical (unpaired) electrons. The Balaban J connectivity index is 1.56. The predicted molar refractivity (Wildman–Crippen MR) is 105 cm³/mol. The van der Waals surface area contributed by atoms with Gasteiger partial charge in [0.15, 0.2) is 11.0 Å². The van der Waals surface area contributed by atoms with Crippen molar-refractivity contribution in [2.24, 2.45) is 7.05 Å². The van der Waals surface area contributed by atoms with E-state index in [1.54, 1.807) is 18.2 Å². The standard InChI is InChI=1S/C18H16Cl2N4OS/c1-24-17(12-5-3-2-4-6-12)22-23-18(24)26-11-16(25)21-10-13-7-8-14(19)9-15(13)20/h2-9H,10-11H2,1H3,(H,21,25). The minimum absolute atomic E-state index is 0.106. The molecule has 0 aliphatic rings. The molecule has 26 heavy (non-hydrogen) atoms. The topological polar surface area (TPSA) is 59.8 Å². The zero-order valence-electron chi connectivity index (χ0n) is 13.9. The van der Waals surface area contributed by atoms with E-state index in [1.807, 2.05) is 41.9 Å². The van der Waals surface area contributed by atoms with Crippen LogP contribution in [0.25, 0.3) is 11.4 Å². The maximum atomic E-state index is 12.1. The van der Waals surface area contributed by atoms with Crippen LogP contribution in [0, 0.1) is 0 Å². The van der Waals surface area contributed by atoms with E-state index in [0.29, 0.717) is 21.7 Å². The van der Waals surface area contributed by atoms with Gasteiger partial charge in [-0.2, -0.15) is 0 Å². The van der Waals surface area contributed by atoms with Crippen LogP contribution in [0.3, 0.4) is 0 Å². The molecule has 0 aliphatic heterocycles. The SMILES string of the molecule is Cn1c(SCC(=O)NCc2ccc(Cl)cc2Cl)nnc1-c1ccccc1. The number of carbonyl (C=O) groups is 1. The van der Waals surface area contributed by atoms with E-state index >= 15 is 0 Å². The average molecular weight is 407 g/mol. The summed E-state index contributed by atoms with van der Waals surface area (Å²) in [7, 11) is 1.88. The van der Waals surface area contributed by atoms with Crippen molar-refractivity contribution in [2.45, 2.75) is 11.7 Å². The van der Waals surface area contributed by atoms with Gasteiger partial charge >= 0.3 is 0 Å². The lowest BCUT2D eigenvalue weighted by Gasteiger charge is -2.07. The zero-order chi connectivity index (χ0) is 18.5. The van der Waals surface area contributed by atoms with Crippen molar-refractivity contribution in [3.8, 4) is 11.4 Å². The van der Waals surface area contributed by atoms with Crippen LogP contribution in [0.15, 0.2) is 53.7 Å². The Bertz CT molecular complexity index is 915. The molecule has 1 aromatic heterocycles. The average Bonchev–Trinajstić information content (AvgIpc) is 3.00. The lowest BCUT2D eigenvalue weighted by Crippen LogP contribution is -2.24. The molecule has 0 saturated carbocycles. The lowest BCUT2D eigenvalue weighted by atomic mass is 10.2. The van der Waals surface area contributed by atoms with Crippen LogP contribution >= 0.6 is 35.0 Å². The Morgan fingerprint density at radius 2 is 1.92 bits per heavy atom. The van der Waals surface area contributed by atoms with E-state index in [2.05, 4.69) is 15.5 Å². The number of halogens is 2. The van der Waals surface area contributed by atoms with Crippen molar-refractivity contribution >= 4 is 40.9 Å². The van der Waals surface area contributed by atoms with Crippen LogP contribution in [-0.4, -0.2) is 26.4 Å². The lowest BCUT2D eigenvalue weighted by molar-refractivity contribution is -0.118. The van der Waals surface area contributed by atoms with Gasteiger partial charge in [-0.3, -0.25) is 4.79 Å². The van der Waals surface area contributed by atoms with Crippen molar-refractivity contribution < 1.29 is 4.79 Å². The molecule has 3 rings (SSSR count). The monoisotopic (exact) mass is 406 g/mol. The number of hydrogen-bond acceptors (Lipinski definition) is 4. The van der Waals surface area contributed by atoms with E-state index in [0.717, 1.165) is 17.0 Å². The Labute approximate surface area is 165 Å². The predicted octanol–water partition coefficient (Wildman–Crippen LogP) is 4.20. The third kappa shape index (κ3) is 4.58. The molecule has 0 saturated heterocycles. The highest BCUT2D eigenvalue weighted by Gasteiger charge is 2.13. The minimum atomic E-state index is -0.106. The van der Waals surface area contributed by atoms with E-state index in [1.165, 1.54) is 11.8 Å². The normalized spacial score (nSPS) is 10.7. The molecule has 0 aliphatic carbocycles. The summed E-state index contributed by atoms with van der Waals surface area (Å²) in [6.07, 6.45) is 0. The number of carbonyl (C=O) groups excluding carboxylic acids is 1. The second-order valence-corrected chi connectivity index (χ2v) is 7.32. The number of amides is 1. The molecule has 0 bridgehead atoms. The molecule has 0 fully saturated rings. The van der Waals surface area contributed by atoms with Gasteiger partial charge in [0, 0.05) is 29.2 Å². The minimum Gasteiger partial charge on any atom is -0.351 e. The number of nitrogens with zero attached hydrogens (tertiary/aromatic N) is 3. The first-order valence-corrected chi connectivity index (χ1v) is 9.57. The Kier molecular flexibility index (Phi) is 6.19. The fourth-order valence-corrected chi connectivity index (χ4v) is 3.54. The van der Waals surface area contributed by atoms with Gasteiger partial charge in [-0.15, -0.1) is 10.2 Å². The zero-order valence-corrected chi connectivity index (χ0v) is 16.3. The fourth-order valence-electron chi connectivity index (χ4n) is 2.32. The molecule has 0 atom stereocenters. The summed E-state index contributed by atoms with van der Waals surface area (Å²) in [5.41, 5.74) is 1.80. The number of aromatic nitrogens is 3. The Morgan fingerprint density at radius 3 is 2.65 bits per heavy atom. The summed E-state index contributed by atoms with van der Waals surface area (Å²) in [6, 6.07) is 15.0. The Hall–Kier alpha value is -2.02. The van der Waals surface area contributed by atoms with E-state index in [-0.39, 0.29) is 11.7 Å². The molecular weight excluding hydrogens is 391 g/mol. The molecule has 1 N–H and O–H groups in total. The maximum Gasteiger partial charge on any atom is 0.230 e. The molecule has 8 heteroatoms. The first-order chi connectivity index (χ1) is 12.5. The van der Waals surface area contributed by atoms with E-state index in [9.17, 15) is 4.79 Å². The van der Waals surface area contributed by atoms with Gasteiger partial charge in [-0.1, -0.05) is 71.4 Å². The molecule has 134 valence electrons. The Morgan fingerprint density at radius 1 is 1.15 bits per heavy atom. The van der Waals surface area contributed by atoms with Crippen molar-refractivity contribution in [1.82, 2.24) is 20.1 Å². The fraction of sp³-hybridized carbons (Fsp3) is 0.167. The van der Waals surface area contributed by atoms with Crippen molar-refractivity contribution in [1.29, 1.82) is 0 Å². The number of thioether (sulfide) groups is 1. The van der Waals surface area contributed by atoms with Crippen LogP contribution in [-0.2, 0) is 18.4 Å². The van der Waals surface area contributed by atoms with Gasteiger partial charge in [0.25, 0.3) is 0 Å². The van der Waals surface area contributed by atoms with Crippen molar-refractivity contribution in [3.05, 3.63) is 64.1 Å². The molecule has 0 spiro atoms.